The van der Waals surface area contributed by atoms with Crippen LogP contribution < -0.4 is 5.32 Å². The molecule has 1 aromatic heterocycles. The first kappa shape index (κ1) is 11.2. The molecule has 2 aromatic rings. The lowest BCUT2D eigenvalue weighted by atomic mass is 10.2. The Balaban J connectivity index is 2.32. The molecule has 0 unspecified atom stereocenters. The van der Waals surface area contributed by atoms with Gasteiger partial charge in [-0.05, 0) is 30.7 Å². The average molecular weight is 254 g/mol. The van der Waals surface area contributed by atoms with Crippen LogP contribution in [0.5, 0.6) is 0 Å². The van der Waals surface area contributed by atoms with Crippen LogP contribution in [0.25, 0.3) is 0 Å². The summed E-state index contributed by atoms with van der Waals surface area (Å²) in [6.07, 6.45) is 3.34. The van der Waals surface area contributed by atoms with E-state index in [-0.39, 0.29) is 0 Å². The Morgan fingerprint density at radius 1 is 1.06 bits per heavy atom. The number of benzene rings is 1. The van der Waals surface area contributed by atoms with Crippen LogP contribution >= 0.6 is 23.2 Å². The van der Waals surface area contributed by atoms with E-state index in [0.717, 1.165) is 11.3 Å². The Hall–Kier alpha value is -1.32. The van der Waals surface area contributed by atoms with E-state index in [1.54, 1.807) is 30.6 Å². The summed E-state index contributed by atoms with van der Waals surface area (Å²) in [6, 6.07) is 5.32. The summed E-state index contributed by atoms with van der Waals surface area (Å²) in [4.78, 5) is 8.14. The van der Waals surface area contributed by atoms with Gasteiger partial charge in [-0.15, -0.1) is 0 Å². The van der Waals surface area contributed by atoms with Crippen molar-refractivity contribution in [3.8, 4) is 0 Å². The van der Waals surface area contributed by atoms with E-state index in [9.17, 15) is 0 Å². The van der Waals surface area contributed by atoms with Gasteiger partial charge in [-0.1, -0.05) is 23.2 Å². The van der Waals surface area contributed by atoms with Crippen molar-refractivity contribution in [3.63, 3.8) is 0 Å². The van der Waals surface area contributed by atoms with Crippen LogP contribution in [-0.4, -0.2) is 9.97 Å². The van der Waals surface area contributed by atoms with Gasteiger partial charge in [-0.25, -0.2) is 9.97 Å². The number of aromatic nitrogens is 2. The molecular weight excluding hydrogens is 245 g/mol. The third-order valence-corrected chi connectivity index (χ3v) is 2.80. The molecule has 1 heterocycles. The van der Waals surface area contributed by atoms with Crippen LogP contribution in [0.3, 0.4) is 0 Å². The average Bonchev–Trinajstić information content (AvgIpc) is 2.27. The minimum absolute atomic E-state index is 0.505. The highest BCUT2D eigenvalue weighted by atomic mass is 35.5. The van der Waals surface area contributed by atoms with E-state index in [4.69, 9.17) is 23.2 Å². The summed E-state index contributed by atoms with van der Waals surface area (Å²) in [6.45, 7) is 1.94. The number of rotatable bonds is 2. The van der Waals surface area contributed by atoms with Crippen molar-refractivity contribution in [1.82, 2.24) is 9.97 Å². The zero-order chi connectivity index (χ0) is 11.5. The number of nitrogens with one attached hydrogen (secondary N) is 1. The van der Waals surface area contributed by atoms with Gasteiger partial charge in [0.2, 0.25) is 5.95 Å². The lowest BCUT2D eigenvalue weighted by Crippen LogP contribution is -1.97. The molecule has 82 valence electrons. The molecule has 0 amide bonds. The molecule has 2 rings (SSSR count). The fraction of sp³-hybridized carbons (Fsp3) is 0.0909. The topological polar surface area (TPSA) is 37.8 Å². The summed E-state index contributed by atoms with van der Waals surface area (Å²) < 4.78 is 0. The normalized spacial score (nSPS) is 10.2. The molecule has 0 saturated carbocycles. The molecule has 1 N–H and O–H groups in total. The maximum absolute atomic E-state index is 5.94. The van der Waals surface area contributed by atoms with Gasteiger partial charge in [-0.3, -0.25) is 0 Å². The molecule has 0 aliphatic rings. The van der Waals surface area contributed by atoms with Crippen LogP contribution in [-0.2, 0) is 0 Å². The van der Waals surface area contributed by atoms with E-state index in [0.29, 0.717) is 16.0 Å². The van der Waals surface area contributed by atoms with Gasteiger partial charge in [0.25, 0.3) is 0 Å². The second-order valence-corrected chi connectivity index (χ2v) is 4.09. The number of hydrogen-bond acceptors (Lipinski definition) is 3. The highest BCUT2D eigenvalue weighted by molar-refractivity contribution is 6.42. The number of halogens is 2. The third kappa shape index (κ3) is 2.43. The Kier molecular flexibility index (Phi) is 3.27. The van der Waals surface area contributed by atoms with Crippen molar-refractivity contribution in [1.29, 1.82) is 0 Å². The zero-order valence-electron chi connectivity index (χ0n) is 8.54. The van der Waals surface area contributed by atoms with Gasteiger partial charge >= 0.3 is 0 Å². The summed E-state index contributed by atoms with van der Waals surface area (Å²) in [5.41, 5.74) is 1.84. The van der Waals surface area contributed by atoms with E-state index >= 15 is 0 Å². The van der Waals surface area contributed by atoms with Gasteiger partial charge < -0.3 is 5.32 Å². The predicted molar refractivity (Wildman–Crippen MR) is 66.5 cm³/mol. The lowest BCUT2D eigenvalue weighted by molar-refractivity contribution is 1.16. The highest BCUT2D eigenvalue weighted by Crippen LogP contribution is 2.29. The van der Waals surface area contributed by atoms with E-state index in [1.165, 1.54) is 0 Å². The monoisotopic (exact) mass is 253 g/mol. The fourth-order valence-electron chi connectivity index (χ4n) is 1.27. The highest BCUT2D eigenvalue weighted by Gasteiger charge is 2.05. The smallest absolute Gasteiger partial charge is 0.227 e. The standard InChI is InChI=1S/C11H9Cl2N3/c1-7-5-8(12)9(13)6-10(7)16-11-14-3-2-4-15-11/h2-6H,1H3,(H,14,15,16). The van der Waals surface area contributed by atoms with Crippen LogP contribution in [0, 0.1) is 6.92 Å². The Bertz CT molecular complexity index is 500. The summed E-state index contributed by atoms with van der Waals surface area (Å²) >= 11 is 11.8. The van der Waals surface area contributed by atoms with Gasteiger partial charge in [0, 0.05) is 18.1 Å². The SMILES string of the molecule is Cc1cc(Cl)c(Cl)cc1Nc1ncccn1. The minimum Gasteiger partial charge on any atom is -0.324 e. The van der Waals surface area contributed by atoms with Crippen molar-refractivity contribution < 1.29 is 0 Å². The van der Waals surface area contributed by atoms with Crippen molar-refractivity contribution in [2.75, 3.05) is 5.32 Å². The molecule has 0 atom stereocenters. The first-order valence-electron chi connectivity index (χ1n) is 4.66. The molecule has 5 heteroatoms. The molecule has 0 aliphatic carbocycles. The van der Waals surface area contributed by atoms with Crippen molar-refractivity contribution in [2.45, 2.75) is 6.92 Å². The van der Waals surface area contributed by atoms with Crippen molar-refractivity contribution in [2.24, 2.45) is 0 Å². The van der Waals surface area contributed by atoms with Crippen LogP contribution in [0.2, 0.25) is 10.0 Å². The van der Waals surface area contributed by atoms with Crippen LogP contribution in [0.1, 0.15) is 5.56 Å². The van der Waals surface area contributed by atoms with Gasteiger partial charge in [0.15, 0.2) is 0 Å². The maximum atomic E-state index is 5.94. The predicted octanol–water partition coefficient (Wildman–Crippen LogP) is 3.84. The van der Waals surface area contributed by atoms with Crippen molar-refractivity contribution in [3.05, 3.63) is 46.2 Å². The summed E-state index contributed by atoms with van der Waals surface area (Å²) in [5.74, 6) is 0.531. The molecule has 0 fully saturated rings. The first-order valence-corrected chi connectivity index (χ1v) is 5.42. The largest absolute Gasteiger partial charge is 0.324 e. The second kappa shape index (κ2) is 4.68. The fourth-order valence-corrected chi connectivity index (χ4v) is 1.65. The number of hydrogen-bond donors (Lipinski definition) is 1. The summed E-state index contributed by atoms with van der Waals surface area (Å²) in [5, 5.41) is 4.12. The minimum atomic E-state index is 0.505. The van der Waals surface area contributed by atoms with Gasteiger partial charge in [-0.2, -0.15) is 0 Å². The Labute approximate surface area is 103 Å². The van der Waals surface area contributed by atoms with Crippen LogP contribution in [0.4, 0.5) is 11.6 Å². The second-order valence-electron chi connectivity index (χ2n) is 3.28. The van der Waals surface area contributed by atoms with Gasteiger partial charge in [0.05, 0.1) is 10.0 Å². The number of aryl methyl sites for hydroxylation is 1. The lowest BCUT2D eigenvalue weighted by Gasteiger charge is -2.09. The Morgan fingerprint density at radius 2 is 1.69 bits per heavy atom. The molecular formula is C11H9Cl2N3. The van der Waals surface area contributed by atoms with Crippen LogP contribution in [0.15, 0.2) is 30.6 Å². The molecule has 16 heavy (non-hydrogen) atoms. The van der Waals surface area contributed by atoms with E-state index in [1.807, 2.05) is 6.92 Å². The van der Waals surface area contributed by atoms with E-state index < -0.39 is 0 Å². The molecule has 1 aromatic carbocycles. The number of nitrogens with zero attached hydrogens (tertiary/aromatic N) is 2. The Morgan fingerprint density at radius 3 is 2.38 bits per heavy atom. The van der Waals surface area contributed by atoms with Crippen molar-refractivity contribution >= 4 is 34.8 Å². The molecule has 0 bridgehead atoms. The van der Waals surface area contributed by atoms with E-state index in [2.05, 4.69) is 15.3 Å². The quantitative estimate of drug-likeness (QED) is 0.884. The molecule has 0 spiro atoms. The first-order chi connectivity index (χ1) is 7.66. The molecule has 0 aliphatic heterocycles. The molecule has 0 radical (unpaired) electrons. The van der Waals surface area contributed by atoms with Gasteiger partial charge in [0.1, 0.15) is 0 Å². The molecule has 3 nitrogen and oxygen atoms in total. The maximum Gasteiger partial charge on any atom is 0.227 e. The third-order valence-electron chi connectivity index (χ3n) is 2.08. The molecule has 0 saturated heterocycles. The summed E-state index contributed by atoms with van der Waals surface area (Å²) in [7, 11) is 0. The number of anilines is 2. The zero-order valence-corrected chi connectivity index (χ0v) is 10.0.